The lowest BCUT2D eigenvalue weighted by Crippen LogP contribution is -1.99. The molecule has 0 aliphatic rings. The van der Waals surface area contributed by atoms with Crippen molar-refractivity contribution >= 4 is 11.4 Å². The average molecular weight is 673 g/mol. The van der Waals surface area contributed by atoms with Crippen molar-refractivity contribution < 1.29 is 0 Å². The van der Waals surface area contributed by atoms with E-state index >= 15 is 0 Å². The highest BCUT2D eigenvalue weighted by Gasteiger charge is 2.08. The van der Waals surface area contributed by atoms with Crippen molar-refractivity contribution in [2.45, 2.75) is 155 Å². The number of anilines is 2. The summed E-state index contributed by atoms with van der Waals surface area (Å²) in [7, 11) is 0. The molecule has 0 aliphatic heterocycles. The quantitative estimate of drug-likeness (QED) is 0.0544. The number of unbranched alkanes of at least 4 members (excludes halogenated alkanes) is 13. The molecule has 0 amide bonds. The van der Waals surface area contributed by atoms with Crippen LogP contribution in [0.25, 0.3) is 0 Å². The van der Waals surface area contributed by atoms with E-state index in [4.69, 9.17) is 11.5 Å². The first-order valence-corrected chi connectivity index (χ1v) is 20.4. The van der Waals surface area contributed by atoms with E-state index in [9.17, 15) is 0 Å². The molecule has 4 N–H and O–H groups in total. The second-order valence-electron chi connectivity index (χ2n) is 15.0. The summed E-state index contributed by atoms with van der Waals surface area (Å²) < 4.78 is 0. The van der Waals surface area contributed by atoms with Crippen LogP contribution in [0.3, 0.4) is 0 Å². The Bertz CT molecular complexity index is 1370. The Morgan fingerprint density at radius 3 is 1.02 bits per heavy atom. The van der Waals surface area contributed by atoms with Crippen molar-refractivity contribution in [2.75, 3.05) is 11.5 Å². The Kier molecular flexibility index (Phi) is 18.1. The van der Waals surface area contributed by atoms with E-state index in [0.29, 0.717) is 0 Å². The molecule has 50 heavy (non-hydrogen) atoms. The Hall–Kier alpha value is -3.52. The fourth-order valence-electron chi connectivity index (χ4n) is 7.39. The lowest BCUT2D eigenvalue weighted by molar-refractivity contribution is 0.607. The van der Waals surface area contributed by atoms with Gasteiger partial charge in [0.25, 0.3) is 0 Å². The highest BCUT2D eigenvalue weighted by molar-refractivity contribution is 5.47. The minimum absolute atomic E-state index is 0.889. The summed E-state index contributed by atoms with van der Waals surface area (Å²) in [5.41, 5.74) is 25.6. The van der Waals surface area contributed by atoms with E-state index in [1.165, 1.54) is 160 Å². The molecular weight excluding hydrogens is 605 g/mol. The molecule has 0 fully saturated rings. The third kappa shape index (κ3) is 14.8. The molecule has 0 atom stereocenters. The van der Waals surface area contributed by atoms with Gasteiger partial charge in [-0.05, 0) is 133 Å². The molecule has 0 aliphatic carbocycles. The predicted octanol–water partition coefficient (Wildman–Crippen LogP) is 13.2. The minimum atomic E-state index is 0.889. The monoisotopic (exact) mass is 673 g/mol. The maximum absolute atomic E-state index is 6.17. The standard InChI is InChI=1S/C48H68N2/c1-3-5-7-9-11-17-21-43-37-47(49)33-31-45(43)35-41-27-23-39(24-28-41)19-15-13-14-16-20-40-25-29-42(30-26-40)36-46-32-34-48(50)38-44(46)22-18-12-10-8-6-4-2/h23-34,37-38H,3-22,35-36,49-50H2,1-2H3. The number of hydrogen-bond donors (Lipinski definition) is 2. The lowest BCUT2D eigenvalue weighted by atomic mass is 9.94. The molecule has 4 aromatic rings. The van der Waals surface area contributed by atoms with Gasteiger partial charge in [-0.15, -0.1) is 0 Å². The van der Waals surface area contributed by atoms with Gasteiger partial charge in [-0.3, -0.25) is 0 Å². The molecule has 0 saturated heterocycles. The first-order valence-electron chi connectivity index (χ1n) is 20.4. The predicted molar refractivity (Wildman–Crippen MR) is 220 cm³/mol. The molecule has 0 aromatic heterocycles. The van der Waals surface area contributed by atoms with Crippen molar-refractivity contribution in [1.82, 2.24) is 0 Å². The van der Waals surface area contributed by atoms with E-state index in [-0.39, 0.29) is 0 Å². The van der Waals surface area contributed by atoms with Crippen LogP contribution in [-0.4, -0.2) is 0 Å². The van der Waals surface area contributed by atoms with Gasteiger partial charge in [-0.2, -0.15) is 0 Å². The Labute approximate surface area is 306 Å². The van der Waals surface area contributed by atoms with Gasteiger partial charge in [0.15, 0.2) is 0 Å². The number of rotatable bonds is 25. The van der Waals surface area contributed by atoms with E-state index in [2.05, 4.69) is 98.8 Å². The third-order valence-electron chi connectivity index (χ3n) is 10.6. The largest absolute Gasteiger partial charge is 0.399 e. The van der Waals surface area contributed by atoms with Gasteiger partial charge < -0.3 is 11.5 Å². The summed E-state index contributed by atoms with van der Waals surface area (Å²) in [5, 5.41) is 0. The van der Waals surface area contributed by atoms with Crippen LogP contribution in [0.2, 0.25) is 0 Å². The maximum atomic E-state index is 6.17. The molecule has 2 nitrogen and oxygen atoms in total. The summed E-state index contributed by atoms with van der Waals surface area (Å²) in [4.78, 5) is 0. The van der Waals surface area contributed by atoms with Gasteiger partial charge in [0.05, 0.1) is 0 Å². The van der Waals surface area contributed by atoms with Crippen LogP contribution in [0, 0.1) is 0 Å². The van der Waals surface area contributed by atoms with Gasteiger partial charge in [-0.1, -0.05) is 152 Å². The van der Waals surface area contributed by atoms with Gasteiger partial charge in [0, 0.05) is 11.4 Å². The maximum Gasteiger partial charge on any atom is 0.0316 e. The number of hydrogen-bond acceptors (Lipinski definition) is 2. The smallest absolute Gasteiger partial charge is 0.0316 e. The van der Waals surface area contributed by atoms with Crippen LogP contribution >= 0.6 is 0 Å². The number of aryl methyl sites for hydroxylation is 4. The fourth-order valence-corrected chi connectivity index (χ4v) is 7.39. The highest BCUT2D eigenvalue weighted by atomic mass is 14.5. The van der Waals surface area contributed by atoms with Crippen molar-refractivity contribution in [3.8, 4) is 0 Å². The third-order valence-corrected chi connectivity index (χ3v) is 10.6. The summed E-state index contributed by atoms with van der Waals surface area (Å²) in [6.07, 6.45) is 27.7. The molecule has 4 aromatic carbocycles. The summed E-state index contributed by atoms with van der Waals surface area (Å²) in [5.74, 6) is 0. The lowest BCUT2D eigenvalue weighted by Gasteiger charge is -2.12. The zero-order valence-electron chi connectivity index (χ0n) is 31.8. The zero-order valence-corrected chi connectivity index (χ0v) is 31.8. The summed E-state index contributed by atoms with van der Waals surface area (Å²) in [6.45, 7) is 4.56. The van der Waals surface area contributed by atoms with Crippen molar-refractivity contribution in [3.05, 3.63) is 129 Å². The number of nitrogen functional groups attached to an aromatic ring is 2. The first-order chi connectivity index (χ1) is 24.5. The van der Waals surface area contributed by atoms with Crippen molar-refractivity contribution in [2.24, 2.45) is 0 Å². The minimum Gasteiger partial charge on any atom is -0.399 e. The molecule has 0 spiro atoms. The molecule has 0 radical (unpaired) electrons. The van der Waals surface area contributed by atoms with Crippen molar-refractivity contribution in [1.29, 1.82) is 0 Å². The van der Waals surface area contributed by atoms with Crippen LogP contribution in [0.4, 0.5) is 11.4 Å². The fraction of sp³-hybridized carbons (Fsp3) is 0.500. The Balaban J connectivity index is 1.13. The molecular formula is C48H68N2. The molecule has 0 heterocycles. The molecule has 2 heteroatoms. The van der Waals surface area contributed by atoms with E-state index in [1.54, 1.807) is 0 Å². The summed E-state index contributed by atoms with van der Waals surface area (Å²) >= 11 is 0. The van der Waals surface area contributed by atoms with Gasteiger partial charge in [-0.25, -0.2) is 0 Å². The van der Waals surface area contributed by atoms with Crippen molar-refractivity contribution in [3.63, 3.8) is 0 Å². The van der Waals surface area contributed by atoms with Gasteiger partial charge in [0.2, 0.25) is 0 Å². The van der Waals surface area contributed by atoms with E-state index < -0.39 is 0 Å². The van der Waals surface area contributed by atoms with Gasteiger partial charge in [0.1, 0.15) is 0 Å². The van der Waals surface area contributed by atoms with Crippen LogP contribution < -0.4 is 11.5 Å². The van der Waals surface area contributed by atoms with E-state index in [1.807, 2.05) is 0 Å². The molecule has 0 bridgehead atoms. The highest BCUT2D eigenvalue weighted by Crippen LogP contribution is 2.23. The second kappa shape index (κ2) is 23.0. The summed E-state index contributed by atoms with van der Waals surface area (Å²) in [6, 6.07) is 31.8. The van der Waals surface area contributed by atoms with Crippen LogP contribution in [0.15, 0.2) is 84.9 Å². The molecule has 4 rings (SSSR count). The average Bonchev–Trinajstić information content (AvgIpc) is 3.12. The molecule has 270 valence electrons. The van der Waals surface area contributed by atoms with Crippen LogP contribution in [0.5, 0.6) is 0 Å². The topological polar surface area (TPSA) is 52.0 Å². The van der Waals surface area contributed by atoms with Crippen LogP contribution in [-0.2, 0) is 38.5 Å². The Morgan fingerprint density at radius 1 is 0.320 bits per heavy atom. The molecule has 0 saturated carbocycles. The van der Waals surface area contributed by atoms with Gasteiger partial charge >= 0.3 is 0 Å². The zero-order chi connectivity index (χ0) is 35.2. The number of nitrogens with two attached hydrogens (primary N) is 2. The molecule has 0 unspecified atom stereocenters. The van der Waals surface area contributed by atoms with E-state index in [0.717, 1.165) is 37.1 Å². The first kappa shape index (κ1) is 39.3. The number of benzene rings is 4. The normalized spacial score (nSPS) is 11.3. The SMILES string of the molecule is CCCCCCCCc1cc(N)ccc1Cc1ccc(CCCCCCc2ccc(Cc3ccc(N)cc3CCCCCCCC)cc2)cc1. The Morgan fingerprint density at radius 2 is 0.640 bits per heavy atom. The van der Waals surface area contributed by atoms with Crippen LogP contribution in [0.1, 0.15) is 161 Å². The second-order valence-corrected chi connectivity index (χ2v) is 15.0.